The van der Waals surface area contributed by atoms with Gasteiger partial charge in [-0.3, -0.25) is 4.79 Å². The van der Waals surface area contributed by atoms with Gasteiger partial charge in [0.2, 0.25) is 0 Å². The highest BCUT2D eigenvalue weighted by Gasteiger charge is 2.28. The Hall–Kier alpha value is -2.22. The Morgan fingerprint density at radius 3 is 2.71 bits per heavy atom. The fourth-order valence-electron chi connectivity index (χ4n) is 3.92. The zero-order valence-corrected chi connectivity index (χ0v) is 19.6. The summed E-state index contributed by atoms with van der Waals surface area (Å²) in [5.74, 6) is -0.543. The summed E-state index contributed by atoms with van der Waals surface area (Å²) in [4.78, 5) is 29.0. The third kappa shape index (κ3) is 5.93. The molecule has 1 aliphatic rings. The lowest BCUT2D eigenvalue weighted by Crippen LogP contribution is -2.31. The highest BCUT2D eigenvalue weighted by Crippen LogP contribution is 2.39. The van der Waals surface area contributed by atoms with Crippen molar-refractivity contribution in [3.05, 3.63) is 51.4 Å². The number of likely N-dealkylation sites (N-methyl/N-ethyl adjacent to an activating group) is 1. The second kappa shape index (κ2) is 11.4. The van der Waals surface area contributed by atoms with E-state index in [0.29, 0.717) is 29.3 Å². The number of hydrogen-bond acceptors (Lipinski definition) is 6. The molecule has 0 saturated heterocycles. The number of benzene rings is 1. The number of ether oxygens (including phenoxy) is 1. The molecule has 0 atom stereocenters. The fourth-order valence-corrected chi connectivity index (χ4v) is 5.19. The molecule has 0 unspecified atom stereocenters. The average molecular weight is 444 g/mol. The summed E-state index contributed by atoms with van der Waals surface area (Å²) in [6.45, 7) is 11.2. The first kappa shape index (κ1) is 23.4. The number of esters is 1. The van der Waals surface area contributed by atoms with E-state index in [2.05, 4.69) is 29.4 Å². The van der Waals surface area contributed by atoms with Crippen LogP contribution in [0.3, 0.4) is 0 Å². The standard InChI is InChI=1S/C24H33N3O3S/c1-4-27(5-2)14-13-25-16-17-9-7-10-18(15-17)22(28)26-23-21(24(29)30-6-3)19-11-8-12-20(19)31-23/h7,9-10,15,25H,4-6,8,11-14,16H2,1-3H3,(H,26,28). The third-order valence-electron chi connectivity index (χ3n) is 5.65. The van der Waals surface area contributed by atoms with Crippen LogP contribution in [0.25, 0.3) is 0 Å². The normalized spacial score (nSPS) is 12.8. The quantitative estimate of drug-likeness (QED) is 0.404. The van der Waals surface area contributed by atoms with Crippen LogP contribution in [0, 0.1) is 0 Å². The van der Waals surface area contributed by atoms with E-state index < -0.39 is 0 Å². The first-order valence-electron chi connectivity index (χ1n) is 11.2. The first-order chi connectivity index (χ1) is 15.1. The van der Waals surface area contributed by atoms with Crippen LogP contribution in [-0.4, -0.2) is 49.6 Å². The van der Waals surface area contributed by atoms with Crippen molar-refractivity contribution in [3.8, 4) is 0 Å². The Morgan fingerprint density at radius 1 is 1.16 bits per heavy atom. The highest BCUT2D eigenvalue weighted by atomic mass is 32.1. The van der Waals surface area contributed by atoms with Crippen molar-refractivity contribution in [2.75, 3.05) is 38.1 Å². The molecule has 1 aromatic heterocycles. The molecule has 1 aromatic carbocycles. The van der Waals surface area contributed by atoms with Crippen LogP contribution in [0.15, 0.2) is 24.3 Å². The van der Waals surface area contributed by atoms with E-state index in [-0.39, 0.29) is 11.9 Å². The molecule has 0 saturated carbocycles. The minimum Gasteiger partial charge on any atom is -0.462 e. The zero-order valence-electron chi connectivity index (χ0n) is 18.8. The van der Waals surface area contributed by atoms with Crippen LogP contribution < -0.4 is 10.6 Å². The largest absolute Gasteiger partial charge is 0.462 e. The van der Waals surface area contributed by atoms with Gasteiger partial charge in [0.25, 0.3) is 5.91 Å². The van der Waals surface area contributed by atoms with E-state index in [1.165, 1.54) is 16.2 Å². The molecule has 1 aliphatic carbocycles. The molecule has 0 fully saturated rings. The third-order valence-corrected chi connectivity index (χ3v) is 6.85. The molecule has 0 bridgehead atoms. The lowest BCUT2D eigenvalue weighted by atomic mass is 10.1. The van der Waals surface area contributed by atoms with E-state index in [4.69, 9.17) is 4.74 Å². The first-order valence-corrected chi connectivity index (χ1v) is 12.0. The van der Waals surface area contributed by atoms with E-state index in [9.17, 15) is 9.59 Å². The molecule has 2 N–H and O–H groups in total. The lowest BCUT2D eigenvalue weighted by molar-refractivity contribution is 0.0527. The number of hydrogen-bond donors (Lipinski definition) is 2. The number of carbonyl (C=O) groups excluding carboxylic acids is 2. The molecule has 1 heterocycles. The zero-order chi connectivity index (χ0) is 22.2. The van der Waals surface area contributed by atoms with Gasteiger partial charge in [0, 0.05) is 30.1 Å². The molecule has 7 heteroatoms. The fraction of sp³-hybridized carbons (Fsp3) is 0.500. The predicted molar refractivity (Wildman–Crippen MR) is 126 cm³/mol. The summed E-state index contributed by atoms with van der Waals surface area (Å²) in [6.07, 6.45) is 2.87. The van der Waals surface area contributed by atoms with Gasteiger partial charge in [0.05, 0.1) is 12.2 Å². The van der Waals surface area contributed by atoms with Gasteiger partial charge in [0.15, 0.2) is 0 Å². The van der Waals surface area contributed by atoms with Crippen molar-refractivity contribution < 1.29 is 14.3 Å². The number of aryl methyl sites for hydroxylation is 1. The highest BCUT2D eigenvalue weighted by molar-refractivity contribution is 7.17. The minimum absolute atomic E-state index is 0.199. The maximum atomic E-state index is 12.9. The van der Waals surface area contributed by atoms with Crippen molar-refractivity contribution >= 4 is 28.2 Å². The van der Waals surface area contributed by atoms with E-state index in [1.54, 1.807) is 13.0 Å². The Morgan fingerprint density at radius 2 is 1.97 bits per heavy atom. The van der Waals surface area contributed by atoms with Gasteiger partial charge < -0.3 is 20.3 Å². The molecule has 0 radical (unpaired) electrons. The van der Waals surface area contributed by atoms with Gasteiger partial charge in [-0.25, -0.2) is 4.79 Å². The summed E-state index contributed by atoms with van der Waals surface area (Å²) >= 11 is 1.50. The Balaban J connectivity index is 1.65. The summed E-state index contributed by atoms with van der Waals surface area (Å²) in [5, 5.41) is 7.03. The minimum atomic E-state index is -0.344. The number of nitrogens with one attached hydrogen (secondary N) is 2. The molecule has 1 amide bonds. The van der Waals surface area contributed by atoms with Crippen LogP contribution in [0.4, 0.5) is 5.00 Å². The molecular formula is C24H33N3O3S. The van der Waals surface area contributed by atoms with Crippen molar-refractivity contribution in [2.45, 2.75) is 46.6 Å². The number of amides is 1. The summed E-state index contributed by atoms with van der Waals surface area (Å²) in [5.41, 5.74) is 3.24. The summed E-state index contributed by atoms with van der Waals surface area (Å²) < 4.78 is 5.25. The number of anilines is 1. The number of carbonyl (C=O) groups is 2. The molecule has 3 rings (SSSR count). The molecule has 31 heavy (non-hydrogen) atoms. The molecule has 168 valence electrons. The van der Waals surface area contributed by atoms with Crippen molar-refractivity contribution in [1.82, 2.24) is 10.2 Å². The molecule has 2 aromatic rings. The van der Waals surface area contributed by atoms with Crippen LogP contribution in [-0.2, 0) is 24.1 Å². The SMILES string of the molecule is CCOC(=O)c1c(NC(=O)c2cccc(CNCCN(CC)CC)c2)sc2c1CCC2. The maximum Gasteiger partial charge on any atom is 0.341 e. The number of thiophene rings is 1. The predicted octanol–water partition coefficient (Wildman–Crippen LogP) is 4.10. The van der Waals surface area contributed by atoms with Crippen LogP contribution >= 0.6 is 11.3 Å². The maximum absolute atomic E-state index is 12.9. The van der Waals surface area contributed by atoms with Gasteiger partial charge in [-0.15, -0.1) is 11.3 Å². The lowest BCUT2D eigenvalue weighted by Gasteiger charge is -2.18. The number of nitrogens with zero attached hydrogens (tertiary/aromatic N) is 1. The molecule has 6 nitrogen and oxygen atoms in total. The molecular weight excluding hydrogens is 410 g/mol. The van der Waals surface area contributed by atoms with Gasteiger partial charge in [-0.1, -0.05) is 26.0 Å². The van der Waals surface area contributed by atoms with Gasteiger partial charge >= 0.3 is 5.97 Å². The van der Waals surface area contributed by atoms with Crippen LogP contribution in [0.2, 0.25) is 0 Å². The van der Waals surface area contributed by atoms with Gasteiger partial charge in [-0.2, -0.15) is 0 Å². The van der Waals surface area contributed by atoms with Crippen LogP contribution in [0.1, 0.15) is 63.9 Å². The van der Waals surface area contributed by atoms with Crippen molar-refractivity contribution in [1.29, 1.82) is 0 Å². The summed E-state index contributed by atoms with van der Waals surface area (Å²) in [6, 6.07) is 7.63. The molecule has 0 spiro atoms. The second-order valence-corrected chi connectivity index (χ2v) is 8.75. The smallest absolute Gasteiger partial charge is 0.341 e. The monoisotopic (exact) mass is 443 g/mol. The van der Waals surface area contributed by atoms with E-state index >= 15 is 0 Å². The number of rotatable bonds is 11. The van der Waals surface area contributed by atoms with E-state index in [1.807, 2.05) is 18.2 Å². The van der Waals surface area contributed by atoms with Gasteiger partial charge in [0.1, 0.15) is 5.00 Å². The second-order valence-electron chi connectivity index (χ2n) is 7.64. The Bertz CT molecular complexity index is 905. The van der Waals surface area contributed by atoms with Crippen LogP contribution in [0.5, 0.6) is 0 Å². The van der Waals surface area contributed by atoms with Crippen molar-refractivity contribution in [3.63, 3.8) is 0 Å². The topological polar surface area (TPSA) is 70.7 Å². The summed E-state index contributed by atoms with van der Waals surface area (Å²) in [7, 11) is 0. The van der Waals surface area contributed by atoms with Crippen molar-refractivity contribution in [2.24, 2.45) is 0 Å². The van der Waals surface area contributed by atoms with E-state index in [0.717, 1.165) is 56.6 Å². The molecule has 0 aliphatic heterocycles. The average Bonchev–Trinajstić information content (AvgIpc) is 3.35. The Kier molecular flexibility index (Phi) is 8.63. The Labute approximate surface area is 189 Å². The number of fused-ring (bicyclic) bond motifs is 1. The van der Waals surface area contributed by atoms with Gasteiger partial charge in [-0.05, 0) is 62.5 Å².